The Morgan fingerprint density at radius 1 is 1.43 bits per heavy atom. The lowest BCUT2D eigenvalue weighted by Gasteiger charge is -2.11. The number of hydrogen-bond acceptors (Lipinski definition) is 4. The van der Waals surface area contributed by atoms with Crippen molar-refractivity contribution in [3.63, 3.8) is 0 Å². The smallest absolute Gasteiger partial charge is 0.338 e. The number of nitrogens with one attached hydrogen (secondary N) is 1. The van der Waals surface area contributed by atoms with Crippen LogP contribution in [0.4, 0.5) is 0 Å². The topological polar surface area (TPSA) is 72.8 Å². The van der Waals surface area contributed by atoms with Crippen LogP contribution in [-0.4, -0.2) is 25.5 Å². The summed E-state index contributed by atoms with van der Waals surface area (Å²) < 4.78 is 7.33. The Morgan fingerprint density at radius 2 is 2.29 bits per heavy atom. The molecule has 0 amide bonds. The van der Waals surface area contributed by atoms with E-state index in [1.54, 1.807) is 37.1 Å². The van der Waals surface area contributed by atoms with Gasteiger partial charge in [0.15, 0.2) is 0 Å². The number of esters is 1. The first-order chi connectivity index (χ1) is 10.1. The Labute approximate surface area is 121 Å². The van der Waals surface area contributed by atoms with Gasteiger partial charge in [0.05, 0.1) is 41.1 Å². The van der Waals surface area contributed by atoms with Gasteiger partial charge in [0.2, 0.25) is 0 Å². The quantitative estimate of drug-likeness (QED) is 0.748. The zero-order valence-corrected chi connectivity index (χ0v) is 11.9. The molecule has 6 nitrogen and oxygen atoms in total. The van der Waals surface area contributed by atoms with Crippen LogP contribution in [-0.2, 0) is 11.3 Å². The highest BCUT2D eigenvalue weighted by molar-refractivity contribution is 5.93. The number of carbonyl (C=O) groups is 1. The highest BCUT2D eigenvalue weighted by Crippen LogP contribution is 2.14. The number of nitrogens with zero attached hydrogens (tertiary/aromatic N) is 3. The van der Waals surface area contributed by atoms with Crippen molar-refractivity contribution in [1.82, 2.24) is 19.5 Å². The number of rotatable bonds is 4. The summed E-state index contributed by atoms with van der Waals surface area (Å²) in [5, 5.41) is 0. The molecule has 0 fully saturated rings. The highest BCUT2D eigenvalue weighted by atomic mass is 16.5. The van der Waals surface area contributed by atoms with Gasteiger partial charge in [-0.1, -0.05) is 0 Å². The molecule has 108 valence electrons. The summed E-state index contributed by atoms with van der Waals surface area (Å²) in [4.78, 5) is 23.3. The van der Waals surface area contributed by atoms with Crippen LogP contribution >= 0.6 is 0 Å². The van der Waals surface area contributed by atoms with Crippen molar-refractivity contribution in [2.75, 3.05) is 0 Å². The number of benzene rings is 1. The van der Waals surface area contributed by atoms with E-state index in [2.05, 4.69) is 28.8 Å². The second-order valence-electron chi connectivity index (χ2n) is 5.10. The van der Waals surface area contributed by atoms with Gasteiger partial charge in [0, 0.05) is 6.04 Å². The fraction of sp³-hybridized carbons (Fsp3) is 0.267. The molecule has 0 aliphatic carbocycles. The van der Waals surface area contributed by atoms with Crippen molar-refractivity contribution in [3.05, 3.63) is 48.3 Å². The lowest BCUT2D eigenvalue weighted by Crippen LogP contribution is -2.10. The molecule has 0 bridgehead atoms. The van der Waals surface area contributed by atoms with Crippen LogP contribution in [0.1, 0.15) is 35.9 Å². The zero-order valence-electron chi connectivity index (χ0n) is 11.9. The van der Waals surface area contributed by atoms with Crippen LogP contribution in [0.3, 0.4) is 0 Å². The van der Waals surface area contributed by atoms with E-state index in [4.69, 9.17) is 4.74 Å². The maximum Gasteiger partial charge on any atom is 0.338 e. The highest BCUT2D eigenvalue weighted by Gasteiger charge is 2.11. The van der Waals surface area contributed by atoms with E-state index >= 15 is 0 Å². The summed E-state index contributed by atoms with van der Waals surface area (Å²) in [6, 6.07) is 5.53. The molecule has 0 unspecified atom stereocenters. The van der Waals surface area contributed by atoms with E-state index in [-0.39, 0.29) is 18.6 Å². The van der Waals surface area contributed by atoms with Crippen LogP contribution in [0.15, 0.2) is 37.1 Å². The molecule has 2 aromatic heterocycles. The first-order valence-corrected chi connectivity index (χ1v) is 6.76. The molecule has 1 aromatic carbocycles. The average molecular weight is 284 g/mol. The molecule has 21 heavy (non-hydrogen) atoms. The van der Waals surface area contributed by atoms with Crippen molar-refractivity contribution in [2.45, 2.75) is 26.5 Å². The maximum atomic E-state index is 12.1. The van der Waals surface area contributed by atoms with E-state index in [1.807, 2.05) is 4.57 Å². The van der Waals surface area contributed by atoms with E-state index in [1.165, 1.54) is 0 Å². The van der Waals surface area contributed by atoms with Crippen LogP contribution in [0.25, 0.3) is 11.0 Å². The van der Waals surface area contributed by atoms with Crippen LogP contribution in [0, 0.1) is 0 Å². The summed E-state index contributed by atoms with van der Waals surface area (Å²) in [5.41, 5.74) is 3.02. The first kappa shape index (κ1) is 13.4. The molecule has 6 heteroatoms. The number of hydrogen-bond donors (Lipinski definition) is 1. The van der Waals surface area contributed by atoms with E-state index < -0.39 is 0 Å². The summed E-state index contributed by atoms with van der Waals surface area (Å²) in [6.45, 7) is 4.32. The van der Waals surface area contributed by atoms with E-state index in [0.717, 1.165) is 16.7 Å². The molecule has 0 saturated carbocycles. The molecule has 0 radical (unpaired) electrons. The molecule has 0 aliphatic heterocycles. The molecule has 0 aliphatic rings. The molecule has 0 saturated heterocycles. The van der Waals surface area contributed by atoms with Gasteiger partial charge in [0.1, 0.15) is 6.61 Å². The number of ether oxygens (including phenoxy) is 1. The fourth-order valence-corrected chi connectivity index (χ4v) is 2.19. The number of H-pyrrole nitrogens is 1. The standard InChI is InChI=1S/C15H16N4O2/c1-10(2)19-9-16-6-12(19)7-21-15(20)11-3-4-13-14(5-11)18-8-17-13/h3-6,8-10H,7H2,1-2H3,(H,17,18). The molecular weight excluding hydrogens is 268 g/mol. The van der Waals surface area contributed by atoms with Crippen molar-refractivity contribution in [2.24, 2.45) is 0 Å². The normalized spacial score (nSPS) is 11.2. The maximum absolute atomic E-state index is 12.1. The summed E-state index contributed by atoms with van der Waals surface area (Å²) in [7, 11) is 0. The second kappa shape index (κ2) is 5.40. The molecule has 3 aromatic rings. The van der Waals surface area contributed by atoms with Crippen LogP contribution in [0.2, 0.25) is 0 Å². The van der Waals surface area contributed by atoms with Crippen LogP contribution < -0.4 is 0 Å². The van der Waals surface area contributed by atoms with Crippen molar-refractivity contribution in [3.8, 4) is 0 Å². The third-order valence-electron chi connectivity index (χ3n) is 3.31. The van der Waals surface area contributed by atoms with Gasteiger partial charge < -0.3 is 14.3 Å². The van der Waals surface area contributed by atoms with Gasteiger partial charge >= 0.3 is 5.97 Å². The minimum atomic E-state index is -0.358. The first-order valence-electron chi connectivity index (χ1n) is 6.76. The number of aromatic amines is 1. The van der Waals surface area contributed by atoms with Crippen LogP contribution in [0.5, 0.6) is 0 Å². The van der Waals surface area contributed by atoms with Gasteiger partial charge in [0.25, 0.3) is 0 Å². The van der Waals surface area contributed by atoms with Gasteiger partial charge in [-0.15, -0.1) is 0 Å². The lowest BCUT2D eigenvalue weighted by molar-refractivity contribution is 0.0462. The summed E-state index contributed by atoms with van der Waals surface area (Å²) in [6.07, 6.45) is 5.05. The Balaban J connectivity index is 1.72. The SMILES string of the molecule is CC(C)n1cncc1COC(=O)c1ccc2nc[nH]c2c1. The molecule has 3 rings (SSSR count). The number of imidazole rings is 2. The largest absolute Gasteiger partial charge is 0.456 e. The minimum absolute atomic E-state index is 0.206. The predicted octanol–water partition coefficient (Wildman–Crippen LogP) is 2.70. The zero-order chi connectivity index (χ0) is 14.8. The van der Waals surface area contributed by atoms with E-state index in [0.29, 0.717) is 5.56 Å². The average Bonchev–Trinajstić information content (AvgIpc) is 3.12. The summed E-state index contributed by atoms with van der Waals surface area (Å²) in [5.74, 6) is -0.358. The molecule has 0 atom stereocenters. The molecule has 1 N–H and O–H groups in total. The van der Waals surface area contributed by atoms with Crippen molar-refractivity contribution < 1.29 is 9.53 Å². The fourth-order valence-electron chi connectivity index (χ4n) is 2.19. The van der Waals surface area contributed by atoms with Gasteiger partial charge in [-0.2, -0.15) is 0 Å². The van der Waals surface area contributed by atoms with Gasteiger partial charge in [-0.3, -0.25) is 0 Å². The lowest BCUT2D eigenvalue weighted by atomic mass is 10.2. The monoisotopic (exact) mass is 284 g/mol. The van der Waals surface area contributed by atoms with Gasteiger partial charge in [-0.25, -0.2) is 14.8 Å². The number of carbonyl (C=O) groups excluding carboxylic acids is 1. The molecular formula is C15H16N4O2. The Bertz CT molecular complexity index is 773. The minimum Gasteiger partial charge on any atom is -0.456 e. The third-order valence-corrected chi connectivity index (χ3v) is 3.31. The van der Waals surface area contributed by atoms with Crippen molar-refractivity contribution >= 4 is 17.0 Å². The third kappa shape index (κ3) is 2.65. The van der Waals surface area contributed by atoms with Gasteiger partial charge in [-0.05, 0) is 32.0 Å². The Kier molecular flexibility index (Phi) is 3.43. The van der Waals surface area contributed by atoms with E-state index in [9.17, 15) is 4.79 Å². The second-order valence-corrected chi connectivity index (χ2v) is 5.10. The number of aromatic nitrogens is 4. The molecule has 0 spiro atoms. The predicted molar refractivity (Wildman–Crippen MR) is 77.8 cm³/mol. The number of fused-ring (bicyclic) bond motifs is 1. The Morgan fingerprint density at radius 3 is 3.10 bits per heavy atom. The molecule has 2 heterocycles. The summed E-state index contributed by atoms with van der Waals surface area (Å²) >= 11 is 0. The Hall–Kier alpha value is -2.63. The van der Waals surface area contributed by atoms with Crippen molar-refractivity contribution in [1.29, 1.82) is 0 Å².